The zero-order valence-electron chi connectivity index (χ0n) is 12.6. The van der Waals surface area contributed by atoms with Crippen molar-refractivity contribution in [3.05, 3.63) is 60.2 Å². The summed E-state index contributed by atoms with van der Waals surface area (Å²) >= 11 is 0. The SMILES string of the molecule is C[C@@H](CCc1cccc(F)c1)C(=O)NS(=O)(=O)c1cccnc1. The highest BCUT2D eigenvalue weighted by molar-refractivity contribution is 7.90. The van der Waals surface area contributed by atoms with Crippen molar-refractivity contribution in [1.82, 2.24) is 9.71 Å². The molecule has 122 valence electrons. The van der Waals surface area contributed by atoms with Crippen LogP contribution in [-0.4, -0.2) is 19.3 Å². The van der Waals surface area contributed by atoms with Crippen LogP contribution < -0.4 is 4.72 Å². The lowest BCUT2D eigenvalue weighted by Crippen LogP contribution is -2.34. The number of aromatic nitrogens is 1. The van der Waals surface area contributed by atoms with Crippen molar-refractivity contribution >= 4 is 15.9 Å². The molecule has 0 aliphatic heterocycles. The summed E-state index contributed by atoms with van der Waals surface area (Å²) in [5.74, 6) is -1.45. The molecular weight excluding hydrogens is 319 g/mol. The van der Waals surface area contributed by atoms with Gasteiger partial charge in [-0.1, -0.05) is 19.1 Å². The average molecular weight is 336 g/mol. The summed E-state index contributed by atoms with van der Waals surface area (Å²) in [4.78, 5) is 15.7. The van der Waals surface area contributed by atoms with E-state index < -0.39 is 21.8 Å². The van der Waals surface area contributed by atoms with Gasteiger partial charge in [-0.15, -0.1) is 0 Å². The molecule has 1 aromatic heterocycles. The van der Waals surface area contributed by atoms with Crippen molar-refractivity contribution in [3.63, 3.8) is 0 Å². The summed E-state index contributed by atoms with van der Waals surface area (Å²) in [6, 6.07) is 8.95. The largest absolute Gasteiger partial charge is 0.274 e. The number of carbonyl (C=O) groups is 1. The van der Waals surface area contributed by atoms with Crippen LogP contribution in [0, 0.1) is 11.7 Å². The first kappa shape index (κ1) is 17.1. The second-order valence-electron chi connectivity index (χ2n) is 5.23. The topological polar surface area (TPSA) is 76.1 Å². The number of aryl methyl sites for hydroxylation is 1. The predicted octanol–water partition coefficient (Wildman–Crippen LogP) is 2.29. The van der Waals surface area contributed by atoms with Gasteiger partial charge in [-0.05, 0) is 42.7 Å². The van der Waals surface area contributed by atoms with E-state index in [2.05, 4.69) is 4.98 Å². The van der Waals surface area contributed by atoms with Crippen molar-refractivity contribution in [2.75, 3.05) is 0 Å². The van der Waals surface area contributed by atoms with Crippen molar-refractivity contribution in [2.24, 2.45) is 5.92 Å². The van der Waals surface area contributed by atoms with Gasteiger partial charge in [0.25, 0.3) is 10.0 Å². The van der Waals surface area contributed by atoms with Crippen molar-refractivity contribution < 1.29 is 17.6 Å². The lowest BCUT2D eigenvalue weighted by Gasteiger charge is -2.12. The minimum Gasteiger partial charge on any atom is -0.274 e. The molecule has 0 bridgehead atoms. The van der Waals surface area contributed by atoms with E-state index in [1.54, 1.807) is 19.1 Å². The third-order valence-corrected chi connectivity index (χ3v) is 4.71. The quantitative estimate of drug-likeness (QED) is 0.878. The zero-order valence-corrected chi connectivity index (χ0v) is 13.4. The Bertz CT molecular complexity index is 779. The van der Waals surface area contributed by atoms with Gasteiger partial charge >= 0.3 is 0 Å². The van der Waals surface area contributed by atoms with E-state index in [0.717, 1.165) is 5.56 Å². The maximum atomic E-state index is 13.1. The van der Waals surface area contributed by atoms with Gasteiger partial charge in [0.15, 0.2) is 0 Å². The van der Waals surface area contributed by atoms with E-state index >= 15 is 0 Å². The molecular formula is C16H17FN2O3S. The number of sulfonamides is 1. The number of benzene rings is 1. The van der Waals surface area contributed by atoms with Gasteiger partial charge in [0.05, 0.1) is 0 Å². The number of nitrogens with zero attached hydrogens (tertiary/aromatic N) is 1. The number of nitrogens with one attached hydrogen (secondary N) is 1. The van der Waals surface area contributed by atoms with Gasteiger partial charge in [-0.2, -0.15) is 0 Å². The van der Waals surface area contributed by atoms with Gasteiger partial charge in [-0.25, -0.2) is 17.5 Å². The zero-order chi connectivity index (χ0) is 16.9. The summed E-state index contributed by atoms with van der Waals surface area (Å²) < 4.78 is 39.2. The van der Waals surface area contributed by atoms with Crippen LogP contribution in [0.3, 0.4) is 0 Å². The Morgan fingerprint density at radius 3 is 2.74 bits per heavy atom. The average Bonchev–Trinajstić information content (AvgIpc) is 2.53. The number of pyridine rings is 1. The number of hydrogen-bond donors (Lipinski definition) is 1. The standard InChI is InChI=1S/C16H17FN2O3S/c1-12(7-8-13-4-2-5-14(17)10-13)16(20)19-23(21,22)15-6-3-9-18-11-15/h2-6,9-12H,7-8H2,1H3,(H,19,20)/t12-/m0/s1. The van der Waals surface area contributed by atoms with Gasteiger partial charge in [0.1, 0.15) is 10.7 Å². The van der Waals surface area contributed by atoms with Crippen LogP contribution in [0.15, 0.2) is 53.7 Å². The fraction of sp³-hybridized carbons (Fsp3) is 0.250. The van der Waals surface area contributed by atoms with Crippen LogP contribution in [-0.2, 0) is 21.2 Å². The summed E-state index contributed by atoms with van der Waals surface area (Å²) in [5.41, 5.74) is 0.764. The van der Waals surface area contributed by atoms with Gasteiger partial charge < -0.3 is 0 Å². The minimum absolute atomic E-state index is 0.0642. The Balaban J connectivity index is 1.95. The molecule has 2 rings (SSSR count). The molecule has 2 aromatic rings. The predicted molar refractivity (Wildman–Crippen MR) is 83.5 cm³/mol. The molecule has 1 heterocycles. The molecule has 1 N–H and O–H groups in total. The molecule has 0 spiro atoms. The van der Waals surface area contributed by atoms with Crippen LogP contribution in [0.5, 0.6) is 0 Å². The first-order valence-electron chi connectivity index (χ1n) is 7.09. The van der Waals surface area contributed by atoms with E-state index in [1.165, 1.54) is 36.7 Å². The summed E-state index contributed by atoms with van der Waals surface area (Å²) in [7, 11) is -3.92. The molecule has 1 atom stereocenters. The third kappa shape index (κ3) is 4.85. The van der Waals surface area contributed by atoms with Crippen LogP contribution >= 0.6 is 0 Å². The lowest BCUT2D eigenvalue weighted by atomic mass is 10.0. The molecule has 0 unspecified atom stereocenters. The summed E-state index contributed by atoms with van der Waals surface area (Å²) in [6.07, 6.45) is 3.52. The molecule has 5 nitrogen and oxygen atoms in total. The summed E-state index contributed by atoms with van der Waals surface area (Å²) in [5, 5.41) is 0. The highest BCUT2D eigenvalue weighted by Gasteiger charge is 2.21. The van der Waals surface area contributed by atoms with Crippen LogP contribution in [0.4, 0.5) is 4.39 Å². The molecule has 1 amide bonds. The van der Waals surface area contributed by atoms with E-state index in [9.17, 15) is 17.6 Å². The molecule has 23 heavy (non-hydrogen) atoms. The number of hydrogen-bond acceptors (Lipinski definition) is 4. The Morgan fingerprint density at radius 1 is 1.30 bits per heavy atom. The van der Waals surface area contributed by atoms with Crippen LogP contribution in [0.25, 0.3) is 0 Å². The first-order valence-corrected chi connectivity index (χ1v) is 8.58. The number of rotatable bonds is 6. The Hall–Kier alpha value is -2.28. The maximum Gasteiger partial charge on any atom is 0.265 e. The molecule has 0 radical (unpaired) electrons. The normalized spacial score (nSPS) is 12.6. The van der Waals surface area contributed by atoms with Crippen molar-refractivity contribution in [2.45, 2.75) is 24.7 Å². The molecule has 0 aliphatic carbocycles. The summed E-state index contributed by atoms with van der Waals surface area (Å²) in [6.45, 7) is 1.63. The van der Waals surface area contributed by atoms with Crippen molar-refractivity contribution in [1.29, 1.82) is 0 Å². The van der Waals surface area contributed by atoms with E-state index in [0.29, 0.717) is 12.8 Å². The number of halogens is 1. The second kappa shape index (κ2) is 7.32. The van der Waals surface area contributed by atoms with Crippen LogP contribution in [0.2, 0.25) is 0 Å². The van der Waals surface area contributed by atoms with Crippen LogP contribution in [0.1, 0.15) is 18.9 Å². The van der Waals surface area contributed by atoms with E-state index in [4.69, 9.17) is 0 Å². The monoisotopic (exact) mass is 336 g/mol. The maximum absolute atomic E-state index is 13.1. The van der Waals surface area contributed by atoms with E-state index in [1.807, 2.05) is 4.72 Å². The highest BCUT2D eigenvalue weighted by Crippen LogP contribution is 2.13. The Kier molecular flexibility index (Phi) is 5.44. The molecule has 0 saturated carbocycles. The van der Waals surface area contributed by atoms with Gasteiger partial charge in [0.2, 0.25) is 5.91 Å². The molecule has 0 aliphatic rings. The van der Waals surface area contributed by atoms with Gasteiger partial charge in [0, 0.05) is 18.3 Å². The third-order valence-electron chi connectivity index (χ3n) is 3.38. The lowest BCUT2D eigenvalue weighted by molar-refractivity contribution is -0.122. The molecule has 1 aromatic carbocycles. The first-order chi connectivity index (χ1) is 10.9. The highest BCUT2D eigenvalue weighted by atomic mass is 32.2. The smallest absolute Gasteiger partial charge is 0.265 e. The van der Waals surface area contributed by atoms with E-state index in [-0.39, 0.29) is 10.7 Å². The second-order valence-corrected chi connectivity index (χ2v) is 6.91. The number of carbonyl (C=O) groups excluding carboxylic acids is 1. The minimum atomic E-state index is -3.92. The fourth-order valence-corrected chi connectivity index (χ4v) is 3.05. The van der Waals surface area contributed by atoms with Crippen molar-refractivity contribution in [3.8, 4) is 0 Å². The molecule has 7 heteroatoms. The Labute approximate surface area is 134 Å². The van der Waals surface area contributed by atoms with Gasteiger partial charge in [-0.3, -0.25) is 9.78 Å². The molecule has 0 fully saturated rings. The molecule has 0 saturated heterocycles. The Morgan fingerprint density at radius 2 is 2.09 bits per heavy atom. The fourth-order valence-electron chi connectivity index (χ4n) is 2.00. The number of amides is 1.